The van der Waals surface area contributed by atoms with Gasteiger partial charge in [-0.3, -0.25) is 0 Å². The summed E-state index contributed by atoms with van der Waals surface area (Å²) in [4.78, 5) is 10.6. The molecule has 0 bridgehead atoms. The number of carbonyl (C=O) groups is 1. The molecule has 1 unspecified atom stereocenters. The predicted molar refractivity (Wildman–Crippen MR) is 73.7 cm³/mol. The molecule has 0 heterocycles. The van der Waals surface area contributed by atoms with Gasteiger partial charge in [0.15, 0.2) is 0 Å². The predicted octanol–water partition coefficient (Wildman–Crippen LogP) is 1.65. The van der Waals surface area contributed by atoms with Gasteiger partial charge in [0.25, 0.3) is 0 Å². The van der Waals surface area contributed by atoms with Crippen LogP contribution in [0.15, 0.2) is 0 Å². The van der Waals surface area contributed by atoms with E-state index in [1.165, 1.54) is 0 Å². The van der Waals surface area contributed by atoms with Gasteiger partial charge in [0.1, 0.15) is 6.29 Å². The van der Waals surface area contributed by atoms with Crippen LogP contribution in [0, 0.1) is 11.8 Å². The van der Waals surface area contributed by atoms with E-state index >= 15 is 0 Å². The minimum atomic E-state index is -0.581. The summed E-state index contributed by atoms with van der Waals surface area (Å²) in [5, 5.41) is 29.6. The monoisotopic (exact) mass is 272 g/mol. The minimum absolute atomic E-state index is 0.0546. The number of hydrogen-bond donors (Lipinski definition) is 3. The first-order chi connectivity index (χ1) is 9.10. The van der Waals surface area contributed by atoms with Crippen molar-refractivity contribution >= 4 is 6.29 Å². The van der Waals surface area contributed by atoms with E-state index in [-0.39, 0.29) is 17.9 Å². The highest BCUT2D eigenvalue weighted by Gasteiger charge is 2.40. The molecule has 0 aliphatic heterocycles. The molecule has 4 heteroatoms. The summed E-state index contributed by atoms with van der Waals surface area (Å²) in [7, 11) is 0. The standard InChI is InChI=1S/C15H28O4/c1-2-3-4-5-11(17)6-7-12-13(8-9-16)15(19)10-14(12)18/h9,11-15,17-19H,2-8,10H2,1H3/t11?,12-,13-,14-,15+/m1/s1. The van der Waals surface area contributed by atoms with Gasteiger partial charge in [-0.1, -0.05) is 26.2 Å². The molecular weight excluding hydrogens is 244 g/mol. The van der Waals surface area contributed by atoms with Crippen LogP contribution in [0.5, 0.6) is 0 Å². The molecule has 0 aromatic rings. The second-order valence-electron chi connectivity index (χ2n) is 5.83. The van der Waals surface area contributed by atoms with Crippen LogP contribution in [0.25, 0.3) is 0 Å². The van der Waals surface area contributed by atoms with E-state index < -0.39 is 12.2 Å². The number of unbranched alkanes of at least 4 members (excludes halogenated alkanes) is 2. The van der Waals surface area contributed by atoms with E-state index in [4.69, 9.17) is 0 Å². The van der Waals surface area contributed by atoms with Gasteiger partial charge in [0.2, 0.25) is 0 Å². The molecule has 1 aliphatic carbocycles. The zero-order chi connectivity index (χ0) is 14.3. The van der Waals surface area contributed by atoms with Gasteiger partial charge in [-0.25, -0.2) is 0 Å². The third-order valence-electron chi connectivity index (χ3n) is 4.36. The van der Waals surface area contributed by atoms with E-state index in [1.807, 2.05) is 0 Å². The molecular formula is C15H28O4. The zero-order valence-corrected chi connectivity index (χ0v) is 11.9. The number of aliphatic hydroxyl groups is 3. The van der Waals surface area contributed by atoms with Crippen LogP contribution in [0.2, 0.25) is 0 Å². The summed E-state index contributed by atoms with van der Waals surface area (Å²) in [6.45, 7) is 2.13. The summed E-state index contributed by atoms with van der Waals surface area (Å²) in [6.07, 6.45) is 5.47. The summed E-state index contributed by atoms with van der Waals surface area (Å²) >= 11 is 0. The first kappa shape index (κ1) is 16.6. The smallest absolute Gasteiger partial charge is 0.120 e. The lowest BCUT2D eigenvalue weighted by Gasteiger charge is -2.23. The third-order valence-corrected chi connectivity index (χ3v) is 4.36. The Morgan fingerprint density at radius 3 is 2.47 bits per heavy atom. The van der Waals surface area contributed by atoms with Crippen molar-refractivity contribution in [2.24, 2.45) is 11.8 Å². The van der Waals surface area contributed by atoms with Gasteiger partial charge in [0, 0.05) is 6.42 Å². The highest BCUT2D eigenvalue weighted by molar-refractivity contribution is 5.50. The molecule has 1 rings (SSSR count). The van der Waals surface area contributed by atoms with E-state index in [1.54, 1.807) is 0 Å². The van der Waals surface area contributed by atoms with Gasteiger partial charge in [-0.05, 0) is 37.5 Å². The summed E-state index contributed by atoms with van der Waals surface area (Å²) in [5.74, 6) is -0.198. The maximum atomic E-state index is 10.6. The van der Waals surface area contributed by atoms with Gasteiger partial charge >= 0.3 is 0 Å². The van der Waals surface area contributed by atoms with Crippen molar-refractivity contribution in [3.8, 4) is 0 Å². The lowest BCUT2D eigenvalue weighted by atomic mass is 9.86. The van der Waals surface area contributed by atoms with Crippen molar-refractivity contribution in [1.82, 2.24) is 0 Å². The molecule has 0 spiro atoms. The molecule has 0 saturated heterocycles. The van der Waals surface area contributed by atoms with Crippen LogP contribution in [0.1, 0.15) is 58.3 Å². The Kier molecular flexibility index (Phi) is 7.57. The van der Waals surface area contributed by atoms with E-state index in [2.05, 4.69) is 6.92 Å². The van der Waals surface area contributed by atoms with Crippen LogP contribution in [-0.4, -0.2) is 39.9 Å². The fraction of sp³-hybridized carbons (Fsp3) is 0.933. The SMILES string of the molecule is CCCCCC(O)CC[C@@H]1[C@@H](CC=O)[C@@H](O)C[C@H]1O. The van der Waals surface area contributed by atoms with Crippen LogP contribution >= 0.6 is 0 Å². The first-order valence-electron chi connectivity index (χ1n) is 7.58. The molecule has 1 fully saturated rings. The van der Waals surface area contributed by atoms with Gasteiger partial charge in [-0.15, -0.1) is 0 Å². The highest BCUT2D eigenvalue weighted by atomic mass is 16.3. The van der Waals surface area contributed by atoms with Crippen molar-refractivity contribution in [3.05, 3.63) is 0 Å². The fourth-order valence-electron chi connectivity index (χ4n) is 3.18. The summed E-state index contributed by atoms with van der Waals surface area (Å²) in [6, 6.07) is 0. The number of hydrogen-bond acceptors (Lipinski definition) is 4. The van der Waals surface area contributed by atoms with Crippen LogP contribution < -0.4 is 0 Å². The van der Waals surface area contributed by atoms with Crippen molar-refractivity contribution in [2.75, 3.05) is 0 Å². The van der Waals surface area contributed by atoms with Crippen molar-refractivity contribution in [2.45, 2.75) is 76.6 Å². The Morgan fingerprint density at radius 1 is 1.16 bits per heavy atom. The van der Waals surface area contributed by atoms with Crippen molar-refractivity contribution < 1.29 is 20.1 Å². The minimum Gasteiger partial charge on any atom is -0.393 e. The number of aldehydes is 1. The highest BCUT2D eigenvalue weighted by Crippen LogP contribution is 2.37. The van der Waals surface area contributed by atoms with Gasteiger partial charge < -0.3 is 20.1 Å². The van der Waals surface area contributed by atoms with Crippen molar-refractivity contribution in [3.63, 3.8) is 0 Å². The third kappa shape index (κ3) is 5.21. The zero-order valence-electron chi connectivity index (χ0n) is 11.9. The molecule has 4 nitrogen and oxygen atoms in total. The quantitative estimate of drug-likeness (QED) is 0.440. The lowest BCUT2D eigenvalue weighted by molar-refractivity contribution is -0.109. The van der Waals surface area contributed by atoms with Crippen LogP contribution in [-0.2, 0) is 4.79 Å². The maximum absolute atomic E-state index is 10.6. The molecule has 1 aliphatic rings. The van der Waals surface area contributed by atoms with E-state index in [9.17, 15) is 20.1 Å². The Morgan fingerprint density at radius 2 is 1.84 bits per heavy atom. The average Bonchev–Trinajstić information content (AvgIpc) is 2.63. The largest absolute Gasteiger partial charge is 0.393 e. The van der Waals surface area contributed by atoms with Crippen molar-refractivity contribution in [1.29, 1.82) is 0 Å². The average molecular weight is 272 g/mol. The molecule has 0 radical (unpaired) electrons. The molecule has 0 aromatic heterocycles. The van der Waals surface area contributed by atoms with Gasteiger partial charge in [-0.2, -0.15) is 0 Å². The maximum Gasteiger partial charge on any atom is 0.120 e. The van der Waals surface area contributed by atoms with Gasteiger partial charge in [0.05, 0.1) is 18.3 Å². The Balaban J connectivity index is 2.34. The van der Waals surface area contributed by atoms with E-state index in [0.29, 0.717) is 25.7 Å². The molecule has 5 atom stereocenters. The summed E-state index contributed by atoms with van der Waals surface area (Å²) < 4.78 is 0. The number of carbonyl (C=O) groups excluding carboxylic acids is 1. The molecule has 112 valence electrons. The molecule has 0 amide bonds. The number of rotatable bonds is 9. The lowest BCUT2D eigenvalue weighted by Crippen LogP contribution is -2.24. The molecule has 1 saturated carbocycles. The molecule has 0 aromatic carbocycles. The molecule has 3 N–H and O–H groups in total. The van der Waals surface area contributed by atoms with E-state index in [0.717, 1.165) is 32.0 Å². The number of aliphatic hydroxyl groups excluding tert-OH is 3. The first-order valence-corrected chi connectivity index (χ1v) is 7.58. The normalized spacial score (nSPS) is 32.4. The fourth-order valence-corrected chi connectivity index (χ4v) is 3.18. The van der Waals surface area contributed by atoms with Crippen LogP contribution in [0.3, 0.4) is 0 Å². The van der Waals surface area contributed by atoms with Crippen LogP contribution in [0.4, 0.5) is 0 Å². The second-order valence-corrected chi connectivity index (χ2v) is 5.83. The summed E-state index contributed by atoms with van der Waals surface area (Å²) in [5.41, 5.74) is 0. The Labute approximate surface area is 115 Å². The second kappa shape index (κ2) is 8.67. The topological polar surface area (TPSA) is 77.8 Å². The Bertz CT molecular complexity index is 257. The molecule has 19 heavy (non-hydrogen) atoms. The Hall–Kier alpha value is -0.450.